The molecule has 144 valence electrons. The van der Waals surface area contributed by atoms with Crippen LogP contribution in [0, 0.1) is 6.92 Å². The topological polar surface area (TPSA) is 61.2 Å². The maximum atomic E-state index is 13.0. The van der Waals surface area contributed by atoms with Crippen molar-refractivity contribution in [2.24, 2.45) is 0 Å². The van der Waals surface area contributed by atoms with Crippen molar-refractivity contribution in [3.05, 3.63) is 100 Å². The molecule has 1 heterocycles. The molecule has 0 unspecified atom stereocenters. The summed E-state index contributed by atoms with van der Waals surface area (Å²) in [6.07, 6.45) is 0. The van der Waals surface area contributed by atoms with E-state index in [9.17, 15) is 9.59 Å². The van der Waals surface area contributed by atoms with Crippen LogP contribution in [0.15, 0.2) is 77.6 Å². The normalized spacial score (nSPS) is 10.8. The molecule has 1 aromatic heterocycles. The molecule has 0 aliphatic heterocycles. The average molecular weight is 384 g/mol. The number of carbonyl (C=O) groups is 1. The Balaban J connectivity index is 1.82. The van der Waals surface area contributed by atoms with E-state index >= 15 is 0 Å². The third-order valence-electron chi connectivity index (χ3n) is 4.97. The predicted molar refractivity (Wildman–Crippen MR) is 113 cm³/mol. The molecular formula is C24H20N2O3. The molecule has 5 nitrogen and oxygen atoms in total. The minimum Gasteiger partial charge on any atom is -0.465 e. The van der Waals surface area contributed by atoms with Crippen molar-refractivity contribution in [1.82, 2.24) is 9.55 Å². The Hall–Kier alpha value is -3.73. The number of hydrogen-bond acceptors (Lipinski definition) is 4. The fourth-order valence-electron chi connectivity index (χ4n) is 3.48. The Kier molecular flexibility index (Phi) is 4.96. The van der Waals surface area contributed by atoms with Crippen LogP contribution in [-0.2, 0) is 11.3 Å². The molecule has 0 aliphatic rings. The number of aryl methyl sites for hydroxylation is 1. The fourth-order valence-corrected chi connectivity index (χ4v) is 3.48. The number of rotatable bonds is 4. The van der Waals surface area contributed by atoms with Gasteiger partial charge in [-0.05, 0) is 47.9 Å². The first-order valence-electron chi connectivity index (χ1n) is 9.31. The minimum absolute atomic E-state index is 0.0774. The minimum atomic E-state index is -0.392. The summed E-state index contributed by atoms with van der Waals surface area (Å²) in [6, 6.07) is 22.5. The summed E-state index contributed by atoms with van der Waals surface area (Å²) in [5.74, 6) is 0.253. The Morgan fingerprint density at radius 2 is 1.72 bits per heavy atom. The molecule has 0 radical (unpaired) electrons. The summed E-state index contributed by atoms with van der Waals surface area (Å²) in [6.45, 7) is 2.19. The van der Waals surface area contributed by atoms with Gasteiger partial charge in [0.05, 0.1) is 30.1 Å². The van der Waals surface area contributed by atoms with Gasteiger partial charge in [-0.25, -0.2) is 9.78 Å². The van der Waals surface area contributed by atoms with E-state index in [2.05, 4.69) is 4.98 Å². The Bertz CT molecular complexity index is 1260. The van der Waals surface area contributed by atoms with E-state index in [0.717, 1.165) is 16.7 Å². The van der Waals surface area contributed by atoms with Crippen LogP contribution in [0.3, 0.4) is 0 Å². The zero-order chi connectivity index (χ0) is 20.4. The van der Waals surface area contributed by atoms with Crippen molar-refractivity contribution in [2.75, 3.05) is 7.11 Å². The first-order valence-corrected chi connectivity index (χ1v) is 9.31. The lowest BCUT2D eigenvalue weighted by molar-refractivity contribution is 0.0601. The summed E-state index contributed by atoms with van der Waals surface area (Å²) < 4.78 is 6.60. The van der Waals surface area contributed by atoms with Gasteiger partial charge in [0.15, 0.2) is 0 Å². The Morgan fingerprint density at radius 1 is 1.00 bits per heavy atom. The Labute approximate surface area is 168 Å². The van der Waals surface area contributed by atoms with Crippen LogP contribution >= 0.6 is 0 Å². The highest BCUT2D eigenvalue weighted by Crippen LogP contribution is 2.26. The highest BCUT2D eigenvalue weighted by Gasteiger charge is 2.15. The molecule has 0 fully saturated rings. The average Bonchev–Trinajstić information content (AvgIpc) is 2.76. The van der Waals surface area contributed by atoms with Crippen molar-refractivity contribution >= 4 is 16.9 Å². The quantitative estimate of drug-likeness (QED) is 0.495. The second-order valence-electron chi connectivity index (χ2n) is 6.81. The smallest absolute Gasteiger partial charge is 0.338 e. The molecule has 0 spiro atoms. The number of carbonyl (C=O) groups excluding carboxylic acids is 1. The maximum absolute atomic E-state index is 13.0. The van der Waals surface area contributed by atoms with Crippen LogP contribution in [-0.4, -0.2) is 22.6 Å². The van der Waals surface area contributed by atoms with Crippen molar-refractivity contribution in [1.29, 1.82) is 0 Å². The van der Waals surface area contributed by atoms with Crippen LogP contribution in [0.25, 0.3) is 22.0 Å². The predicted octanol–water partition coefficient (Wildman–Crippen LogP) is 4.21. The number of benzene rings is 3. The standard InChI is InChI=1S/C24H20N2O3/c1-16-25-22-11-7-6-10-20(22)23(27)26(16)15-17-12-13-19(24(28)29-2)21(14-17)18-8-4-3-5-9-18/h3-14H,15H2,1-2H3. The molecule has 0 bridgehead atoms. The zero-order valence-corrected chi connectivity index (χ0v) is 16.3. The molecule has 0 saturated carbocycles. The molecule has 3 aromatic carbocycles. The van der Waals surface area contributed by atoms with Gasteiger partial charge < -0.3 is 4.74 Å². The van der Waals surface area contributed by atoms with Crippen molar-refractivity contribution < 1.29 is 9.53 Å². The molecule has 0 N–H and O–H groups in total. The number of methoxy groups -OCH3 is 1. The largest absolute Gasteiger partial charge is 0.465 e. The summed E-state index contributed by atoms with van der Waals surface area (Å²) in [5, 5.41) is 0.590. The summed E-state index contributed by atoms with van der Waals surface area (Å²) in [5.41, 5.74) is 3.69. The van der Waals surface area contributed by atoms with Gasteiger partial charge in [-0.2, -0.15) is 0 Å². The highest BCUT2D eigenvalue weighted by atomic mass is 16.5. The summed E-state index contributed by atoms with van der Waals surface area (Å²) >= 11 is 0. The lowest BCUT2D eigenvalue weighted by atomic mass is 9.97. The van der Waals surface area contributed by atoms with Crippen LogP contribution in [0.1, 0.15) is 21.7 Å². The van der Waals surface area contributed by atoms with Gasteiger partial charge in [0, 0.05) is 0 Å². The lowest BCUT2D eigenvalue weighted by Crippen LogP contribution is -2.24. The van der Waals surface area contributed by atoms with E-state index in [1.165, 1.54) is 7.11 Å². The van der Waals surface area contributed by atoms with E-state index in [4.69, 9.17) is 4.74 Å². The monoisotopic (exact) mass is 384 g/mol. The maximum Gasteiger partial charge on any atom is 0.338 e. The van der Waals surface area contributed by atoms with Gasteiger partial charge in [-0.1, -0.05) is 48.5 Å². The molecule has 4 rings (SSSR count). The van der Waals surface area contributed by atoms with Crippen molar-refractivity contribution in [2.45, 2.75) is 13.5 Å². The number of hydrogen-bond donors (Lipinski definition) is 0. The molecule has 0 saturated heterocycles. The zero-order valence-electron chi connectivity index (χ0n) is 16.3. The molecule has 0 amide bonds. The molecule has 5 heteroatoms. The van der Waals surface area contributed by atoms with E-state index < -0.39 is 5.97 Å². The molecule has 29 heavy (non-hydrogen) atoms. The second-order valence-corrected chi connectivity index (χ2v) is 6.81. The third-order valence-corrected chi connectivity index (χ3v) is 4.97. The summed E-state index contributed by atoms with van der Waals surface area (Å²) in [7, 11) is 1.37. The van der Waals surface area contributed by atoms with Crippen LogP contribution in [0.2, 0.25) is 0 Å². The molecule has 0 atom stereocenters. The van der Waals surface area contributed by atoms with Crippen LogP contribution in [0.4, 0.5) is 0 Å². The fraction of sp³-hybridized carbons (Fsp3) is 0.125. The number of aromatic nitrogens is 2. The highest BCUT2D eigenvalue weighted by molar-refractivity contribution is 5.97. The number of nitrogens with zero attached hydrogens (tertiary/aromatic N) is 2. The van der Waals surface area contributed by atoms with Crippen molar-refractivity contribution in [3.8, 4) is 11.1 Å². The number of para-hydroxylation sites is 1. The molecule has 4 aromatic rings. The van der Waals surface area contributed by atoms with Gasteiger partial charge in [-0.15, -0.1) is 0 Å². The third kappa shape index (κ3) is 3.55. The lowest BCUT2D eigenvalue weighted by Gasteiger charge is -2.14. The SMILES string of the molecule is COC(=O)c1ccc(Cn2c(C)nc3ccccc3c2=O)cc1-c1ccccc1. The molecular weight excluding hydrogens is 364 g/mol. The second kappa shape index (κ2) is 7.72. The molecule has 0 aliphatic carbocycles. The van der Waals surface area contributed by atoms with Gasteiger partial charge in [0.2, 0.25) is 0 Å². The first kappa shape index (κ1) is 18.6. The van der Waals surface area contributed by atoms with E-state index in [1.807, 2.05) is 67.6 Å². The van der Waals surface area contributed by atoms with Gasteiger partial charge >= 0.3 is 5.97 Å². The first-order chi connectivity index (χ1) is 14.1. The number of ether oxygens (including phenoxy) is 1. The van der Waals surface area contributed by atoms with Gasteiger partial charge in [0.1, 0.15) is 5.82 Å². The number of fused-ring (bicyclic) bond motifs is 1. The Morgan fingerprint density at radius 3 is 2.48 bits per heavy atom. The van der Waals surface area contributed by atoms with E-state index in [0.29, 0.717) is 28.8 Å². The summed E-state index contributed by atoms with van der Waals surface area (Å²) in [4.78, 5) is 29.8. The van der Waals surface area contributed by atoms with Gasteiger partial charge in [-0.3, -0.25) is 9.36 Å². The van der Waals surface area contributed by atoms with E-state index in [-0.39, 0.29) is 5.56 Å². The van der Waals surface area contributed by atoms with E-state index in [1.54, 1.807) is 16.7 Å². The van der Waals surface area contributed by atoms with Crippen LogP contribution in [0.5, 0.6) is 0 Å². The van der Waals surface area contributed by atoms with Crippen LogP contribution < -0.4 is 5.56 Å². The van der Waals surface area contributed by atoms with Gasteiger partial charge in [0.25, 0.3) is 5.56 Å². The number of esters is 1. The van der Waals surface area contributed by atoms with Crippen molar-refractivity contribution in [3.63, 3.8) is 0 Å².